The fourth-order valence-corrected chi connectivity index (χ4v) is 19.6. The monoisotopic (exact) mass is 1670 g/mol. The molecule has 4 fully saturated rings. The van der Waals surface area contributed by atoms with Crippen molar-refractivity contribution in [2.24, 2.45) is 7.05 Å². The van der Waals surface area contributed by atoms with Crippen molar-refractivity contribution in [1.82, 2.24) is 53.8 Å². The zero-order chi connectivity index (χ0) is 82.9. The Morgan fingerprint density at radius 1 is 0.471 bits per heavy atom. The predicted octanol–water partition coefficient (Wildman–Crippen LogP) is 9.63. The van der Waals surface area contributed by atoms with E-state index in [0.717, 1.165) is 133 Å². The second kappa shape index (κ2) is 34.1. The van der Waals surface area contributed by atoms with E-state index in [1.807, 2.05) is 65.0 Å². The quantitative estimate of drug-likeness (QED) is 0.0478. The Balaban J connectivity index is 0.000000113. The summed E-state index contributed by atoms with van der Waals surface area (Å²) in [6, 6.07) is 20.7. The molecule has 14 N–H and O–H groups in total. The second-order valence-corrected chi connectivity index (χ2v) is 33.4. The van der Waals surface area contributed by atoms with Crippen LogP contribution in [0.3, 0.4) is 0 Å². The maximum absolute atomic E-state index is 14.6. The highest BCUT2D eigenvalue weighted by atomic mass is 35.5. The van der Waals surface area contributed by atoms with Gasteiger partial charge >= 0.3 is 0 Å². The minimum Gasteiger partial charge on any atom is -0.487 e. The Morgan fingerprint density at radius 2 is 0.941 bits per heavy atom. The fraction of sp³-hybridized carbons (Fsp3) is 0.432. The van der Waals surface area contributed by atoms with Gasteiger partial charge in [0.1, 0.15) is 127 Å². The number of nitrogens with one attached hydrogen (secondary N) is 2. The molecule has 31 heteroatoms. The van der Waals surface area contributed by atoms with Gasteiger partial charge in [0.15, 0.2) is 23.6 Å². The highest BCUT2D eigenvalue weighted by Crippen LogP contribution is 2.46. The van der Waals surface area contributed by atoms with Crippen molar-refractivity contribution in [2.45, 2.75) is 221 Å². The molecule has 2 aliphatic heterocycles. The number of pyridine rings is 2. The minimum atomic E-state index is -1.15. The van der Waals surface area contributed by atoms with Crippen LogP contribution in [-0.2, 0) is 65.1 Å². The van der Waals surface area contributed by atoms with Crippen LogP contribution >= 0.6 is 23.2 Å². The van der Waals surface area contributed by atoms with E-state index in [4.69, 9.17) is 53.6 Å². The van der Waals surface area contributed by atoms with Gasteiger partial charge in [-0.2, -0.15) is 4.57 Å². The van der Waals surface area contributed by atoms with Crippen LogP contribution in [0, 0.1) is 24.4 Å². The van der Waals surface area contributed by atoms with Gasteiger partial charge in [0.25, 0.3) is 0 Å². The predicted molar refractivity (Wildman–Crippen MR) is 441 cm³/mol. The van der Waals surface area contributed by atoms with E-state index in [1.54, 1.807) is 28.3 Å². The largest absolute Gasteiger partial charge is 0.487 e. The molecule has 0 bridgehead atoms. The molecule has 0 unspecified atom stereocenters. The number of hydrogen-bond donors (Lipinski definition) is 12. The number of aliphatic hydroxyl groups excluding tert-OH is 8. The summed E-state index contributed by atoms with van der Waals surface area (Å²) in [5.41, 5.74) is 26.2. The van der Waals surface area contributed by atoms with E-state index < -0.39 is 109 Å². The number of aryl methyl sites for hydroxylation is 4. The van der Waals surface area contributed by atoms with Gasteiger partial charge in [-0.3, -0.25) is 0 Å². The number of aliphatic hydroxyl groups is 8. The number of nitrogen functional groups attached to an aromatic ring is 2. The van der Waals surface area contributed by atoms with Gasteiger partial charge in [-0.15, -0.1) is 0 Å². The van der Waals surface area contributed by atoms with Crippen molar-refractivity contribution in [3.63, 3.8) is 0 Å². The fourth-order valence-electron chi connectivity index (χ4n) is 19.1. The lowest BCUT2D eigenvalue weighted by Crippen LogP contribution is -2.34. The van der Waals surface area contributed by atoms with E-state index in [1.165, 1.54) is 82.7 Å². The van der Waals surface area contributed by atoms with E-state index >= 15 is 0 Å². The van der Waals surface area contributed by atoms with E-state index in [-0.39, 0.29) is 34.6 Å². The lowest BCUT2D eigenvalue weighted by molar-refractivity contribution is -0.645. The molecule has 16 atom stereocenters. The van der Waals surface area contributed by atoms with Gasteiger partial charge in [-0.25, -0.2) is 38.1 Å². The summed E-state index contributed by atoms with van der Waals surface area (Å²) in [4.78, 5) is 21.2. The number of fused-ring (bicyclic) bond motifs is 8. The molecule has 0 amide bonds. The van der Waals surface area contributed by atoms with Gasteiger partial charge in [-0.1, -0.05) is 48.3 Å². The van der Waals surface area contributed by atoms with Crippen LogP contribution in [0.2, 0.25) is 10.0 Å². The minimum absolute atomic E-state index is 0.207. The van der Waals surface area contributed by atoms with Crippen molar-refractivity contribution >= 4 is 78.8 Å². The lowest BCUT2D eigenvalue weighted by Gasteiger charge is -2.25. The summed E-state index contributed by atoms with van der Waals surface area (Å²) in [5.74, 6) is 1.45. The van der Waals surface area contributed by atoms with Crippen molar-refractivity contribution in [1.29, 1.82) is 0 Å². The lowest BCUT2D eigenvalue weighted by atomic mass is 9.89. The van der Waals surface area contributed by atoms with Crippen LogP contribution in [0.25, 0.3) is 44.3 Å². The first-order chi connectivity index (χ1) is 57.5. The molecule has 8 aliphatic rings. The molecule has 0 radical (unpaired) electrons. The van der Waals surface area contributed by atoms with Gasteiger partial charge in [0.2, 0.25) is 11.2 Å². The third-order valence-corrected chi connectivity index (χ3v) is 26.0. The number of aromatic nitrogens is 10. The van der Waals surface area contributed by atoms with E-state index in [2.05, 4.69) is 60.7 Å². The van der Waals surface area contributed by atoms with E-state index in [9.17, 15) is 54.0 Å². The van der Waals surface area contributed by atoms with Crippen LogP contribution in [0.5, 0.6) is 23.0 Å². The number of nitrogens with zero attached hydrogens (tertiary/aromatic N) is 10. The molecule has 10 heterocycles. The molecule has 8 aromatic heterocycles. The molecule has 0 saturated heterocycles. The molecule has 119 heavy (non-hydrogen) atoms. The Hall–Kier alpha value is -9.73. The number of benzene rings is 4. The molecule has 12 aromatic rings. The number of anilines is 2. The topological polar surface area (TPSA) is 363 Å². The van der Waals surface area contributed by atoms with Crippen molar-refractivity contribution in [2.75, 3.05) is 24.6 Å². The summed E-state index contributed by atoms with van der Waals surface area (Å²) in [6.07, 6.45) is 15.5. The average molecular weight is 1670 g/mol. The molecule has 6 aliphatic carbocycles. The van der Waals surface area contributed by atoms with Crippen molar-refractivity contribution in [3.8, 4) is 23.0 Å². The Labute approximate surface area is 693 Å². The highest BCUT2D eigenvalue weighted by Gasteiger charge is 2.49. The highest BCUT2D eigenvalue weighted by molar-refractivity contribution is 6.31. The number of halogens is 5. The standard InChI is InChI=1S/C24H28FN3O3.C22H25ClN3O3.C21H22ClFN4O3.C21H23FN4O3/c1-3-14-8-15-6-4-5-7-16(15)19(9-14)31-20-10-18(22(29)23(20)30)28-11-17(25)21-13(2)26-12-27-24(21)28;1-25-11-9-24-22-16(25)8-10-26(22)17-12-19(21(28)20(17)27)29-18-7-6-15(23)13-4-2-3-5-14(13)18;22-11-5-10-1-3-25-8-12(10)16(6-11)30-17-7-15(19(28)20(17)29)27-9-13(23)18-14(24)2-4-26-21(18)27;22-13-10-26(21-18(13)14(23)5-7-25-21)15-8-17(20(28)19(15)27)29-16-3-1-2-11-4-6-24-9-12(11)16/h8-9,11-12,18,20,22-23,29-30H,3-7,10H2,1-2H3;6-11,17,19-21,27-28H,2-5,12H2,1H3;2,4-6,9,15,17,19-20,25,28-29H,1,3,7-8H2,(H2,24,26);1-3,5,7,10,15,17,19-20,24,27-28H,4,6,8-9H2,(H2,23,25)/q;+1;;/t18-,20+,22+,23-;17-,19+,20+,21-;2*15-,17+,19+,20-/m1111/s1. The van der Waals surface area contributed by atoms with Gasteiger partial charge < -0.3 is 100 Å². The third kappa shape index (κ3) is 15.6. The number of hydrogen-bond acceptors (Lipinski definition) is 21. The van der Waals surface area contributed by atoms with Crippen molar-refractivity contribution in [3.05, 3.63) is 212 Å². The number of nitrogens with two attached hydrogens (primary N) is 2. The molecule has 4 aromatic carbocycles. The molecule has 0 spiro atoms. The number of rotatable bonds is 13. The maximum Gasteiger partial charge on any atom is 0.249 e. The van der Waals surface area contributed by atoms with E-state index in [0.29, 0.717) is 76.9 Å². The van der Waals surface area contributed by atoms with Gasteiger partial charge in [0.05, 0.1) is 52.2 Å². The maximum atomic E-state index is 14.6. The third-order valence-electron chi connectivity index (χ3n) is 25.4. The Morgan fingerprint density at radius 3 is 1.51 bits per heavy atom. The van der Waals surface area contributed by atoms with Crippen LogP contribution < -0.4 is 45.6 Å². The SMILES string of the molecule is CCc1cc2c(c(O[C@H]3C[C@@H](n4cc(F)c5c(C)ncnc54)[C@H](O)[C@@H]3O)c1)CCCC2.C[n+]1ccnc2c1ccn2[C@@H]1C[C@H](Oc2ccc(Cl)c3c2CCCC3)[C@@H](O)[C@H]1O.Nc1ccnc2c1c(F)cn2[C@@H]1C[C@H](Oc2cc(Cl)cc3c2CNCC3)[C@@H](O)[C@H]1O.Nc1ccnc2c1c(F)cn2[C@@H]1C[C@H](Oc2cccc3c2CNCC3)[C@@H](O)[C@H]1O. The van der Waals surface area contributed by atoms with Crippen molar-refractivity contribution < 1.29 is 77.5 Å². The molecule has 26 nitrogen and oxygen atoms in total. The summed E-state index contributed by atoms with van der Waals surface area (Å²) in [5, 5.41) is 94.6. The zero-order valence-corrected chi connectivity index (χ0v) is 67.5. The average Bonchev–Trinajstić information content (AvgIpc) is 1.62. The Bertz CT molecular complexity index is 5770. The molecule has 4 saturated carbocycles. The summed E-state index contributed by atoms with van der Waals surface area (Å²) in [7, 11) is 1.96. The summed E-state index contributed by atoms with van der Waals surface area (Å²) >= 11 is 12.6. The molecule has 626 valence electrons. The van der Waals surface area contributed by atoms with Crippen LogP contribution in [-0.4, -0.2) is 170 Å². The smallest absolute Gasteiger partial charge is 0.249 e. The van der Waals surface area contributed by atoms with Gasteiger partial charge in [-0.05, 0) is 178 Å². The first-order valence-corrected chi connectivity index (χ1v) is 41.7. The van der Waals surface area contributed by atoms with Crippen LogP contribution in [0.1, 0.15) is 138 Å². The van der Waals surface area contributed by atoms with Crippen LogP contribution in [0.4, 0.5) is 24.5 Å². The Kier molecular flexibility index (Phi) is 23.4. The first kappa shape index (κ1) is 81.6. The zero-order valence-electron chi connectivity index (χ0n) is 66.0. The molecular weight excluding hydrogens is 1570 g/mol. The first-order valence-electron chi connectivity index (χ1n) is 41.0. The van der Waals surface area contributed by atoms with Crippen LogP contribution in [0.15, 0.2) is 129 Å². The summed E-state index contributed by atoms with van der Waals surface area (Å²) < 4.78 is 77.1. The summed E-state index contributed by atoms with van der Waals surface area (Å²) in [6.45, 7) is 6.99. The second-order valence-electron chi connectivity index (χ2n) is 32.5. The normalized spacial score (nSPS) is 26.3. The molecular formula is C88H98Cl2F3N14O12+. The molecule has 20 rings (SSSR count). The number of ether oxygens (including phenoxy) is 4. The van der Waals surface area contributed by atoms with Gasteiger partial charge in [0, 0.05) is 115 Å².